The summed E-state index contributed by atoms with van der Waals surface area (Å²) < 4.78 is 0. The van der Waals surface area contributed by atoms with E-state index >= 15 is 0 Å². The largest absolute Gasteiger partial charge is 0.316 e. The molecule has 1 aromatic carbocycles. The average Bonchev–Trinajstić information content (AvgIpc) is 2.42. The third-order valence-corrected chi connectivity index (χ3v) is 3.10. The maximum absolute atomic E-state index is 4.16. The summed E-state index contributed by atoms with van der Waals surface area (Å²) in [7, 11) is 4.12. The van der Waals surface area contributed by atoms with Crippen molar-refractivity contribution in [2.45, 2.75) is 19.6 Å². The van der Waals surface area contributed by atoms with Gasteiger partial charge >= 0.3 is 0 Å². The Balaban J connectivity index is 2.00. The number of aromatic nitrogens is 1. The summed E-state index contributed by atoms with van der Waals surface area (Å²) in [4.78, 5) is 6.47. The van der Waals surface area contributed by atoms with Crippen molar-refractivity contribution in [2.75, 3.05) is 14.1 Å². The zero-order valence-corrected chi connectivity index (χ0v) is 11.6. The molecule has 1 aromatic heterocycles. The molecule has 100 valence electrons. The molecule has 1 heterocycles. The molecular weight excluding hydrogens is 234 g/mol. The molecule has 0 aliphatic heterocycles. The summed E-state index contributed by atoms with van der Waals surface area (Å²) >= 11 is 0. The molecule has 2 aromatic rings. The van der Waals surface area contributed by atoms with Crippen molar-refractivity contribution in [1.29, 1.82) is 0 Å². The lowest BCUT2D eigenvalue weighted by Crippen LogP contribution is -2.19. The highest BCUT2D eigenvalue weighted by atomic mass is 15.1. The Morgan fingerprint density at radius 2 is 1.84 bits per heavy atom. The molecule has 3 heteroatoms. The fourth-order valence-electron chi connectivity index (χ4n) is 2.22. The molecule has 0 saturated carbocycles. The molecule has 3 nitrogen and oxygen atoms in total. The first-order valence-electron chi connectivity index (χ1n) is 6.58. The second-order valence-electron chi connectivity index (χ2n) is 4.83. The highest BCUT2D eigenvalue weighted by molar-refractivity contribution is 5.27. The molecule has 0 aliphatic carbocycles. The van der Waals surface area contributed by atoms with Crippen molar-refractivity contribution >= 4 is 0 Å². The lowest BCUT2D eigenvalue weighted by atomic mass is 10.1. The van der Waals surface area contributed by atoms with Crippen LogP contribution in [0, 0.1) is 0 Å². The molecule has 0 atom stereocenters. The second-order valence-corrected chi connectivity index (χ2v) is 4.83. The van der Waals surface area contributed by atoms with E-state index in [1.807, 2.05) is 25.5 Å². The van der Waals surface area contributed by atoms with Gasteiger partial charge in [0.25, 0.3) is 0 Å². The second kappa shape index (κ2) is 7.02. The fourth-order valence-corrected chi connectivity index (χ4v) is 2.22. The molecule has 0 fully saturated rings. The van der Waals surface area contributed by atoms with Crippen molar-refractivity contribution in [1.82, 2.24) is 15.2 Å². The lowest BCUT2D eigenvalue weighted by Gasteiger charge is -2.18. The van der Waals surface area contributed by atoms with Crippen LogP contribution in [0.4, 0.5) is 0 Å². The number of hydrogen-bond acceptors (Lipinski definition) is 3. The summed E-state index contributed by atoms with van der Waals surface area (Å²) in [6, 6.07) is 12.7. The minimum absolute atomic E-state index is 0.914. The van der Waals surface area contributed by atoms with Gasteiger partial charge in [-0.1, -0.05) is 30.3 Å². The SMILES string of the molecule is CNCc1ccccc1CN(C)Cc1cccnc1. The Morgan fingerprint density at radius 1 is 1.05 bits per heavy atom. The lowest BCUT2D eigenvalue weighted by molar-refractivity contribution is 0.317. The van der Waals surface area contributed by atoms with E-state index < -0.39 is 0 Å². The van der Waals surface area contributed by atoms with E-state index in [4.69, 9.17) is 0 Å². The molecule has 0 bridgehead atoms. The molecule has 0 saturated heterocycles. The minimum Gasteiger partial charge on any atom is -0.316 e. The van der Waals surface area contributed by atoms with E-state index in [2.05, 4.69) is 52.6 Å². The monoisotopic (exact) mass is 255 g/mol. The quantitative estimate of drug-likeness (QED) is 0.859. The van der Waals surface area contributed by atoms with E-state index in [9.17, 15) is 0 Å². The summed E-state index contributed by atoms with van der Waals surface area (Å²) in [5.74, 6) is 0. The minimum atomic E-state index is 0.914. The zero-order chi connectivity index (χ0) is 13.5. The topological polar surface area (TPSA) is 28.2 Å². The van der Waals surface area contributed by atoms with Crippen LogP contribution in [0.3, 0.4) is 0 Å². The number of pyridine rings is 1. The maximum Gasteiger partial charge on any atom is 0.0312 e. The predicted molar refractivity (Wildman–Crippen MR) is 78.6 cm³/mol. The molecule has 1 N–H and O–H groups in total. The average molecular weight is 255 g/mol. The van der Waals surface area contributed by atoms with Crippen LogP contribution in [-0.2, 0) is 19.6 Å². The van der Waals surface area contributed by atoms with E-state index in [1.54, 1.807) is 0 Å². The van der Waals surface area contributed by atoms with Crippen LogP contribution in [0.1, 0.15) is 16.7 Å². The Kier molecular flexibility index (Phi) is 5.07. The van der Waals surface area contributed by atoms with Gasteiger partial charge in [0.15, 0.2) is 0 Å². The highest BCUT2D eigenvalue weighted by Crippen LogP contribution is 2.12. The van der Waals surface area contributed by atoms with Gasteiger partial charge in [-0.2, -0.15) is 0 Å². The zero-order valence-electron chi connectivity index (χ0n) is 11.6. The van der Waals surface area contributed by atoms with Crippen LogP contribution in [0.15, 0.2) is 48.8 Å². The van der Waals surface area contributed by atoms with Gasteiger partial charge in [-0.25, -0.2) is 0 Å². The Hall–Kier alpha value is -1.71. The molecule has 0 aliphatic rings. The first kappa shape index (κ1) is 13.7. The smallest absolute Gasteiger partial charge is 0.0312 e. The van der Waals surface area contributed by atoms with Gasteiger partial charge in [0, 0.05) is 32.0 Å². The number of nitrogens with zero attached hydrogens (tertiary/aromatic N) is 2. The first-order valence-corrected chi connectivity index (χ1v) is 6.58. The van der Waals surface area contributed by atoms with Crippen LogP contribution in [-0.4, -0.2) is 24.0 Å². The third kappa shape index (κ3) is 4.16. The van der Waals surface area contributed by atoms with Crippen molar-refractivity contribution < 1.29 is 0 Å². The summed E-state index contributed by atoms with van der Waals surface area (Å²) in [5, 5.41) is 3.22. The van der Waals surface area contributed by atoms with Crippen LogP contribution in [0.25, 0.3) is 0 Å². The molecule has 0 amide bonds. The van der Waals surface area contributed by atoms with E-state index in [0.717, 1.165) is 19.6 Å². The first-order chi connectivity index (χ1) is 9.29. The van der Waals surface area contributed by atoms with Crippen molar-refractivity contribution in [3.8, 4) is 0 Å². The Bertz CT molecular complexity index is 496. The maximum atomic E-state index is 4.16. The van der Waals surface area contributed by atoms with Gasteiger partial charge < -0.3 is 5.32 Å². The predicted octanol–water partition coefficient (Wildman–Crippen LogP) is 2.43. The number of hydrogen-bond donors (Lipinski definition) is 1. The standard InChI is InChI=1S/C16H21N3/c1-17-11-15-7-3-4-8-16(15)13-19(2)12-14-6-5-9-18-10-14/h3-10,17H,11-13H2,1-2H3. The summed E-state index contributed by atoms with van der Waals surface area (Å²) in [5.41, 5.74) is 3.99. The van der Waals surface area contributed by atoms with Crippen molar-refractivity contribution in [3.05, 3.63) is 65.5 Å². The molecule has 0 radical (unpaired) electrons. The van der Waals surface area contributed by atoms with Gasteiger partial charge in [0.1, 0.15) is 0 Å². The fraction of sp³-hybridized carbons (Fsp3) is 0.312. The molecule has 0 spiro atoms. The van der Waals surface area contributed by atoms with Gasteiger partial charge in [-0.15, -0.1) is 0 Å². The molecule has 19 heavy (non-hydrogen) atoms. The van der Waals surface area contributed by atoms with Gasteiger partial charge in [-0.3, -0.25) is 9.88 Å². The van der Waals surface area contributed by atoms with Crippen LogP contribution in [0.5, 0.6) is 0 Å². The number of nitrogens with one attached hydrogen (secondary N) is 1. The molecular formula is C16H21N3. The van der Waals surface area contributed by atoms with Crippen LogP contribution < -0.4 is 5.32 Å². The van der Waals surface area contributed by atoms with Crippen LogP contribution >= 0.6 is 0 Å². The Labute approximate surface area is 115 Å². The van der Waals surface area contributed by atoms with Crippen molar-refractivity contribution in [3.63, 3.8) is 0 Å². The Morgan fingerprint density at radius 3 is 2.53 bits per heavy atom. The summed E-state index contributed by atoms with van der Waals surface area (Å²) in [6.45, 7) is 2.78. The summed E-state index contributed by atoms with van der Waals surface area (Å²) in [6.07, 6.45) is 3.74. The van der Waals surface area contributed by atoms with Gasteiger partial charge in [0.05, 0.1) is 0 Å². The third-order valence-electron chi connectivity index (χ3n) is 3.10. The van der Waals surface area contributed by atoms with E-state index in [1.165, 1.54) is 16.7 Å². The van der Waals surface area contributed by atoms with E-state index in [-0.39, 0.29) is 0 Å². The van der Waals surface area contributed by atoms with E-state index in [0.29, 0.717) is 0 Å². The number of rotatable bonds is 6. The van der Waals surface area contributed by atoms with Crippen LogP contribution in [0.2, 0.25) is 0 Å². The molecule has 2 rings (SSSR count). The highest BCUT2D eigenvalue weighted by Gasteiger charge is 2.05. The van der Waals surface area contributed by atoms with Crippen molar-refractivity contribution in [2.24, 2.45) is 0 Å². The van der Waals surface area contributed by atoms with Gasteiger partial charge in [0.2, 0.25) is 0 Å². The normalized spacial score (nSPS) is 10.9. The number of benzene rings is 1. The van der Waals surface area contributed by atoms with Gasteiger partial charge in [-0.05, 0) is 36.9 Å². The molecule has 0 unspecified atom stereocenters.